The van der Waals surface area contributed by atoms with Crippen LogP contribution in [0.4, 0.5) is 26.3 Å². The Morgan fingerprint density at radius 1 is 1.10 bits per heavy atom. The van der Waals surface area contributed by atoms with Gasteiger partial charge in [0.05, 0.1) is 0 Å². The Bertz CT molecular complexity index is 439. The van der Waals surface area contributed by atoms with Gasteiger partial charge in [-0.15, -0.1) is 0 Å². The van der Waals surface area contributed by atoms with Crippen LogP contribution in [0.3, 0.4) is 0 Å². The molecule has 0 N–H and O–H groups in total. The van der Waals surface area contributed by atoms with Crippen LogP contribution in [0.5, 0.6) is 0 Å². The summed E-state index contributed by atoms with van der Waals surface area (Å²) >= 11 is -0.762. The minimum Gasteiger partial charge on any atom is -0.380 e. The predicted octanol–water partition coefficient (Wildman–Crippen LogP) is 4.92. The summed E-state index contributed by atoms with van der Waals surface area (Å²) in [5, 5.41) is 0.245. The molecule has 0 aliphatic rings. The molecule has 0 amide bonds. The van der Waals surface area contributed by atoms with Gasteiger partial charge in [0, 0.05) is 11.8 Å². The first-order valence-electron chi connectivity index (χ1n) is 5.83. The Morgan fingerprint density at radius 2 is 1.67 bits per heavy atom. The Morgan fingerprint density at radius 3 is 2.10 bits per heavy atom. The van der Waals surface area contributed by atoms with Crippen LogP contribution in [0.15, 0.2) is 11.2 Å². The molecule has 0 aromatic carbocycles. The maximum atomic E-state index is 12.1. The highest BCUT2D eigenvalue weighted by Gasteiger charge is 2.48. The summed E-state index contributed by atoms with van der Waals surface area (Å²) < 4.78 is 97.8. The number of halogens is 6. The van der Waals surface area contributed by atoms with Crippen molar-refractivity contribution in [2.45, 2.75) is 50.0 Å². The number of hydrogen-bond donors (Lipinski definition) is 0. The van der Waals surface area contributed by atoms with Gasteiger partial charge in [-0.1, -0.05) is 26.2 Å². The fourth-order valence-electron chi connectivity index (χ4n) is 1.17. The van der Waals surface area contributed by atoms with Gasteiger partial charge in [0.15, 0.2) is 0 Å². The third kappa shape index (κ3) is 9.12. The van der Waals surface area contributed by atoms with E-state index in [9.17, 15) is 34.8 Å². The maximum absolute atomic E-state index is 12.1. The average Bonchev–Trinajstić information content (AvgIpc) is 2.28. The van der Waals surface area contributed by atoms with Crippen molar-refractivity contribution in [1.82, 2.24) is 0 Å². The van der Waals surface area contributed by atoms with Crippen LogP contribution in [0, 0.1) is 0 Å². The SMILES string of the molecule is CCCCCC/C(=C\SC(F)(F)F)OS(=O)(=O)C(F)(F)F. The third-order valence-corrected chi connectivity index (χ3v) is 3.75. The fourth-order valence-corrected chi connectivity index (χ4v) is 2.17. The Hall–Kier alpha value is -0.580. The monoisotopic (exact) mass is 360 g/mol. The zero-order valence-corrected chi connectivity index (χ0v) is 12.6. The highest BCUT2D eigenvalue weighted by molar-refractivity contribution is 8.03. The topological polar surface area (TPSA) is 43.4 Å². The van der Waals surface area contributed by atoms with E-state index in [0.29, 0.717) is 6.42 Å². The number of unbranched alkanes of at least 4 members (excludes halogenated alkanes) is 3. The van der Waals surface area contributed by atoms with Crippen molar-refractivity contribution < 1.29 is 38.9 Å². The largest absolute Gasteiger partial charge is 0.534 e. The van der Waals surface area contributed by atoms with Gasteiger partial charge >= 0.3 is 21.1 Å². The molecule has 0 saturated carbocycles. The first-order chi connectivity index (χ1) is 9.39. The van der Waals surface area contributed by atoms with Crippen LogP contribution in [0.1, 0.15) is 39.0 Å². The molecule has 0 fully saturated rings. The van der Waals surface area contributed by atoms with E-state index in [1.165, 1.54) is 0 Å². The second-order valence-corrected chi connectivity index (χ2v) is 6.41. The van der Waals surface area contributed by atoms with Gasteiger partial charge in [-0.25, -0.2) is 0 Å². The normalized spacial score (nSPS) is 14.3. The van der Waals surface area contributed by atoms with Crippen LogP contribution in [-0.4, -0.2) is 19.4 Å². The smallest absolute Gasteiger partial charge is 0.380 e. The summed E-state index contributed by atoms with van der Waals surface area (Å²) in [5.74, 6) is -0.870. The second-order valence-electron chi connectivity index (χ2n) is 3.94. The van der Waals surface area contributed by atoms with Crippen LogP contribution in [0.2, 0.25) is 0 Å². The molecular formula is C10H14F6O3S2. The first-order valence-corrected chi connectivity index (χ1v) is 8.12. The maximum Gasteiger partial charge on any atom is 0.534 e. The van der Waals surface area contributed by atoms with Crippen molar-refractivity contribution in [2.75, 3.05) is 0 Å². The van der Waals surface area contributed by atoms with Crippen LogP contribution < -0.4 is 0 Å². The molecule has 0 atom stereocenters. The standard InChI is InChI=1S/C10H14F6O3S2/c1-2-3-4-5-6-8(7-20-9(11,12)13)19-21(17,18)10(14,15)16/h7H,2-6H2,1H3/b8-7+. The molecule has 21 heavy (non-hydrogen) atoms. The molecule has 3 nitrogen and oxygen atoms in total. The van der Waals surface area contributed by atoms with Gasteiger partial charge in [0.25, 0.3) is 0 Å². The second kappa shape index (κ2) is 8.16. The van der Waals surface area contributed by atoms with E-state index in [1.54, 1.807) is 0 Å². The lowest BCUT2D eigenvalue weighted by Gasteiger charge is -2.13. The van der Waals surface area contributed by atoms with Gasteiger partial charge in [0.1, 0.15) is 5.76 Å². The lowest BCUT2D eigenvalue weighted by atomic mass is 10.1. The van der Waals surface area contributed by atoms with Crippen molar-refractivity contribution in [3.63, 3.8) is 0 Å². The molecule has 0 aromatic heterocycles. The first kappa shape index (κ1) is 20.4. The van der Waals surface area contributed by atoms with Crippen molar-refractivity contribution in [1.29, 1.82) is 0 Å². The van der Waals surface area contributed by atoms with Gasteiger partial charge in [-0.05, 0) is 18.2 Å². The number of thioether (sulfide) groups is 1. The highest BCUT2D eigenvalue weighted by Crippen LogP contribution is 2.34. The third-order valence-electron chi connectivity index (χ3n) is 2.10. The minimum atomic E-state index is -5.96. The molecule has 0 rings (SSSR count). The van der Waals surface area contributed by atoms with Gasteiger partial charge in [0.2, 0.25) is 0 Å². The Kier molecular flexibility index (Phi) is 7.93. The minimum absolute atomic E-state index is 0.228. The Labute approximate surface area is 122 Å². The summed E-state index contributed by atoms with van der Waals surface area (Å²) in [5.41, 5.74) is -10.4. The van der Waals surface area contributed by atoms with E-state index in [4.69, 9.17) is 0 Å². The zero-order chi connectivity index (χ0) is 16.7. The summed E-state index contributed by atoms with van der Waals surface area (Å²) in [4.78, 5) is 0. The van der Waals surface area contributed by atoms with Crippen LogP contribution in [0.25, 0.3) is 0 Å². The molecule has 0 aliphatic heterocycles. The quantitative estimate of drug-likeness (QED) is 0.203. The molecule has 0 spiro atoms. The van der Waals surface area contributed by atoms with Crippen LogP contribution >= 0.6 is 11.8 Å². The van der Waals surface area contributed by atoms with Gasteiger partial charge < -0.3 is 4.18 Å². The van der Waals surface area contributed by atoms with E-state index < -0.39 is 38.7 Å². The number of alkyl halides is 6. The summed E-state index contributed by atoms with van der Waals surface area (Å²) in [6.07, 6.45) is 1.98. The molecule has 11 heteroatoms. The molecule has 126 valence electrons. The lowest BCUT2D eigenvalue weighted by Crippen LogP contribution is -2.25. The van der Waals surface area contributed by atoms with Crippen molar-refractivity contribution in [3.8, 4) is 0 Å². The molecule has 0 heterocycles. The highest BCUT2D eigenvalue weighted by atomic mass is 32.2. The molecule has 0 bridgehead atoms. The Balaban J connectivity index is 4.89. The van der Waals surface area contributed by atoms with Crippen molar-refractivity contribution >= 4 is 21.9 Å². The summed E-state index contributed by atoms with van der Waals surface area (Å²) in [7, 11) is -5.96. The molecule has 0 aliphatic carbocycles. The van der Waals surface area contributed by atoms with Gasteiger partial charge in [-0.2, -0.15) is 34.8 Å². The van der Waals surface area contributed by atoms with E-state index in [1.807, 2.05) is 6.92 Å². The summed E-state index contributed by atoms with van der Waals surface area (Å²) in [6.45, 7) is 1.86. The molecule has 0 saturated heterocycles. The lowest BCUT2D eigenvalue weighted by molar-refractivity contribution is -0.0523. The molecule has 0 aromatic rings. The van der Waals surface area contributed by atoms with Crippen molar-refractivity contribution in [3.05, 3.63) is 11.2 Å². The predicted molar refractivity (Wildman–Crippen MR) is 66.5 cm³/mol. The molecule has 0 radical (unpaired) electrons. The number of hydrogen-bond acceptors (Lipinski definition) is 4. The van der Waals surface area contributed by atoms with E-state index in [2.05, 4.69) is 4.18 Å². The fraction of sp³-hybridized carbons (Fsp3) is 0.800. The zero-order valence-electron chi connectivity index (χ0n) is 10.9. The van der Waals surface area contributed by atoms with E-state index in [0.717, 1.165) is 12.8 Å². The average molecular weight is 360 g/mol. The van der Waals surface area contributed by atoms with E-state index in [-0.39, 0.29) is 18.2 Å². The van der Waals surface area contributed by atoms with E-state index >= 15 is 0 Å². The number of rotatable bonds is 8. The molecular weight excluding hydrogens is 346 g/mol. The van der Waals surface area contributed by atoms with Crippen molar-refractivity contribution in [2.24, 2.45) is 0 Å². The van der Waals surface area contributed by atoms with Crippen LogP contribution in [-0.2, 0) is 14.3 Å². The summed E-state index contributed by atoms with van der Waals surface area (Å²) in [6, 6.07) is 0. The molecule has 0 unspecified atom stereocenters. The van der Waals surface area contributed by atoms with Gasteiger partial charge in [-0.3, -0.25) is 0 Å². The number of allylic oxidation sites excluding steroid dienone is 1.